The maximum Gasteiger partial charge on any atom is 0.496 e. The summed E-state index contributed by atoms with van der Waals surface area (Å²) >= 11 is 0. The molecule has 0 rings (SSSR count). The Bertz CT molecular complexity index is 55.7. The first-order valence-electron chi connectivity index (χ1n) is 3.34. The van der Waals surface area contributed by atoms with E-state index in [-0.39, 0.29) is 0 Å². The Morgan fingerprint density at radius 3 is 1.00 bits per heavy atom. The van der Waals surface area contributed by atoms with Gasteiger partial charge in [-0.3, -0.25) is 0 Å². The first-order chi connectivity index (χ1) is 4.68. The number of hydrogen-bond donors (Lipinski definition) is 0. The molecule has 3 nitrogen and oxygen atoms in total. The van der Waals surface area contributed by atoms with E-state index in [2.05, 4.69) is 0 Å². The summed E-state index contributed by atoms with van der Waals surface area (Å²) in [4.78, 5) is 0. The highest BCUT2D eigenvalue weighted by atomic mass is 28.4. The van der Waals surface area contributed by atoms with Gasteiger partial charge >= 0.3 is 8.80 Å². The molecule has 64 valence electrons. The van der Waals surface area contributed by atoms with Crippen LogP contribution in [0.2, 0.25) is 6.55 Å². The van der Waals surface area contributed by atoms with Crippen molar-refractivity contribution in [1.29, 1.82) is 0 Å². The van der Waals surface area contributed by atoms with Crippen LogP contribution in [0.4, 0.5) is 0 Å². The Morgan fingerprint density at radius 1 is 0.800 bits per heavy atom. The lowest BCUT2D eigenvalue weighted by Gasteiger charge is -2.18. The lowest BCUT2D eigenvalue weighted by Crippen LogP contribution is -2.38. The number of rotatable bonds is 3. The van der Waals surface area contributed by atoms with E-state index in [1.807, 2.05) is 20.4 Å². The quantitative estimate of drug-likeness (QED) is 0.595. The van der Waals surface area contributed by atoms with E-state index in [9.17, 15) is 0 Å². The summed E-state index contributed by atoms with van der Waals surface area (Å²) in [6.45, 7) is 5.83. The molecule has 0 spiro atoms. The van der Waals surface area contributed by atoms with E-state index >= 15 is 0 Å². The van der Waals surface area contributed by atoms with Gasteiger partial charge in [0.2, 0.25) is 0 Å². The molecular weight excluding hydrogens is 148 g/mol. The molecule has 0 aromatic carbocycles. The van der Waals surface area contributed by atoms with Gasteiger partial charge < -0.3 is 13.3 Å². The van der Waals surface area contributed by atoms with Crippen LogP contribution in [-0.2, 0) is 13.3 Å². The minimum atomic E-state index is -2.17. The van der Waals surface area contributed by atoms with E-state index in [1.54, 1.807) is 21.3 Å². The second-order valence-electron chi connectivity index (χ2n) is 1.47. The molecule has 0 aliphatic carbocycles. The van der Waals surface area contributed by atoms with Gasteiger partial charge in [0, 0.05) is 27.9 Å². The van der Waals surface area contributed by atoms with Crippen LogP contribution in [0.5, 0.6) is 0 Å². The van der Waals surface area contributed by atoms with Gasteiger partial charge in [-0.1, -0.05) is 13.8 Å². The topological polar surface area (TPSA) is 27.7 Å². The van der Waals surface area contributed by atoms with E-state index < -0.39 is 8.80 Å². The van der Waals surface area contributed by atoms with E-state index in [0.717, 1.165) is 0 Å². The molecule has 0 radical (unpaired) electrons. The van der Waals surface area contributed by atoms with Gasteiger partial charge in [-0.05, 0) is 0 Å². The summed E-state index contributed by atoms with van der Waals surface area (Å²) in [5.74, 6) is 0. The smallest absolute Gasteiger partial charge is 0.377 e. The third-order valence-corrected chi connectivity index (χ3v) is 3.34. The van der Waals surface area contributed by atoms with Crippen molar-refractivity contribution in [3.63, 3.8) is 0 Å². The highest BCUT2D eigenvalue weighted by molar-refractivity contribution is 6.58. The molecule has 0 saturated carbocycles. The largest absolute Gasteiger partial charge is 0.496 e. The molecule has 0 aliphatic rings. The van der Waals surface area contributed by atoms with Crippen LogP contribution in [0.25, 0.3) is 0 Å². The van der Waals surface area contributed by atoms with Crippen molar-refractivity contribution in [2.45, 2.75) is 20.4 Å². The predicted molar refractivity (Wildman–Crippen MR) is 44.0 cm³/mol. The molecule has 0 N–H and O–H groups in total. The zero-order valence-electron chi connectivity index (χ0n) is 7.72. The maximum absolute atomic E-state index is 4.93. The van der Waals surface area contributed by atoms with Crippen LogP contribution >= 0.6 is 0 Å². The second-order valence-corrected chi connectivity index (χ2v) is 4.42. The zero-order valence-corrected chi connectivity index (χ0v) is 8.72. The van der Waals surface area contributed by atoms with Gasteiger partial charge in [0.25, 0.3) is 0 Å². The molecule has 0 heterocycles. The summed E-state index contributed by atoms with van der Waals surface area (Å²) in [6, 6.07) is 0. The fraction of sp³-hybridized carbons (Fsp3) is 1.00. The van der Waals surface area contributed by atoms with E-state index in [0.29, 0.717) is 0 Å². The average Bonchev–Trinajstić information content (AvgIpc) is 2.07. The monoisotopic (exact) mass is 166 g/mol. The van der Waals surface area contributed by atoms with Crippen molar-refractivity contribution in [2.75, 3.05) is 21.3 Å². The van der Waals surface area contributed by atoms with Crippen LogP contribution in [0.15, 0.2) is 0 Å². The SMILES string of the molecule is CC.CO[Si](C)(OC)OC. The van der Waals surface area contributed by atoms with Gasteiger partial charge in [0.1, 0.15) is 0 Å². The Balaban J connectivity index is 0. The third-order valence-electron chi connectivity index (χ3n) is 1.11. The molecule has 0 aromatic rings. The Labute approximate surface area is 64.7 Å². The van der Waals surface area contributed by atoms with Crippen molar-refractivity contribution in [1.82, 2.24) is 0 Å². The van der Waals surface area contributed by atoms with Crippen LogP contribution in [0.1, 0.15) is 13.8 Å². The van der Waals surface area contributed by atoms with Crippen LogP contribution in [-0.4, -0.2) is 30.1 Å². The second kappa shape index (κ2) is 7.21. The molecule has 0 unspecified atom stereocenters. The highest BCUT2D eigenvalue weighted by Gasteiger charge is 2.29. The molecule has 0 amide bonds. The molecule has 0 aromatic heterocycles. The van der Waals surface area contributed by atoms with Crippen molar-refractivity contribution in [2.24, 2.45) is 0 Å². The third kappa shape index (κ3) is 4.93. The summed E-state index contributed by atoms with van der Waals surface area (Å²) in [5.41, 5.74) is 0. The Morgan fingerprint density at radius 2 is 1.00 bits per heavy atom. The normalized spacial score (nSPS) is 10.2. The lowest BCUT2D eigenvalue weighted by molar-refractivity contribution is 0.132. The van der Waals surface area contributed by atoms with Gasteiger partial charge in [-0.15, -0.1) is 0 Å². The average molecular weight is 166 g/mol. The molecular formula is C6H18O3Si. The molecule has 0 atom stereocenters. The van der Waals surface area contributed by atoms with Gasteiger partial charge in [-0.25, -0.2) is 0 Å². The molecule has 4 heteroatoms. The van der Waals surface area contributed by atoms with Crippen LogP contribution in [0.3, 0.4) is 0 Å². The minimum absolute atomic E-state index is 1.58. The molecule has 0 aliphatic heterocycles. The summed E-state index contributed by atoms with van der Waals surface area (Å²) in [5, 5.41) is 0. The summed E-state index contributed by atoms with van der Waals surface area (Å²) in [6.07, 6.45) is 0. The Hall–Kier alpha value is 0.0969. The number of hydrogen-bond acceptors (Lipinski definition) is 3. The standard InChI is InChI=1S/C4H12O3Si.C2H6/c1-5-8(4,6-2)7-3;1-2/h1-4H3;1-2H3. The zero-order chi connectivity index (χ0) is 8.62. The molecule has 0 bridgehead atoms. The van der Waals surface area contributed by atoms with Crippen molar-refractivity contribution >= 4 is 8.80 Å². The van der Waals surface area contributed by atoms with E-state index in [4.69, 9.17) is 13.3 Å². The van der Waals surface area contributed by atoms with Crippen LogP contribution < -0.4 is 0 Å². The summed E-state index contributed by atoms with van der Waals surface area (Å²) in [7, 11) is 2.58. The van der Waals surface area contributed by atoms with Gasteiger partial charge in [0.15, 0.2) is 0 Å². The molecule has 0 fully saturated rings. The molecule has 10 heavy (non-hydrogen) atoms. The predicted octanol–water partition coefficient (Wildman–Crippen LogP) is 1.52. The van der Waals surface area contributed by atoms with Crippen molar-refractivity contribution < 1.29 is 13.3 Å². The first kappa shape index (κ1) is 12.7. The fourth-order valence-corrected chi connectivity index (χ4v) is 0.750. The fourth-order valence-electron chi connectivity index (χ4n) is 0.250. The van der Waals surface area contributed by atoms with Crippen molar-refractivity contribution in [3.05, 3.63) is 0 Å². The lowest BCUT2D eigenvalue weighted by atomic mass is 11.0. The molecule has 0 saturated heterocycles. The van der Waals surface area contributed by atoms with Crippen LogP contribution in [0, 0.1) is 0 Å². The summed E-state index contributed by atoms with van der Waals surface area (Å²) < 4.78 is 14.8. The highest BCUT2D eigenvalue weighted by Crippen LogP contribution is 2.02. The maximum atomic E-state index is 4.93. The Kier molecular flexibility index (Phi) is 9.19. The van der Waals surface area contributed by atoms with Gasteiger partial charge in [-0.2, -0.15) is 0 Å². The van der Waals surface area contributed by atoms with Gasteiger partial charge in [0.05, 0.1) is 0 Å². The minimum Gasteiger partial charge on any atom is -0.377 e. The first-order valence-corrected chi connectivity index (χ1v) is 5.56. The van der Waals surface area contributed by atoms with E-state index in [1.165, 1.54) is 0 Å². The van der Waals surface area contributed by atoms with Crippen molar-refractivity contribution in [3.8, 4) is 0 Å².